The summed E-state index contributed by atoms with van der Waals surface area (Å²) in [5.41, 5.74) is 5.22. The summed E-state index contributed by atoms with van der Waals surface area (Å²) in [6, 6.07) is 15.3. The molecule has 2 aromatic carbocycles. The van der Waals surface area contributed by atoms with Crippen molar-refractivity contribution in [1.29, 1.82) is 0 Å². The molecule has 0 radical (unpaired) electrons. The number of aromatic nitrogens is 2. The second kappa shape index (κ2) is 8.25. The van der Waals surface area contributed by atoms with E-state index in [1.807, 2.05) is 4.68 Å². The molecule has 5 heteroatoms. The molecule has 28 heavy (non-hydrogen) atoms. The highest BCUT2D eigenvalue weighted by molar-refractivity contribution is 5.63. The largest absolute Gasteiger partial charge is 0.378 e. The van der Waals surface area contributed by atoms with Crippen molar-refractivity contribution in [3.63, 3.8) is 0 Å². The van der Waals surface area contributed by atoms with Gasteiger partial charge >= 0.3 is 0 Å². The van der Waals surface area contributed by atoms with E-state index in [1.54, 1.807) is 12.1 Å². The molecule has 0 N–H and O–H groups in total. The van der Waals surface area contributed by atoms with E-state index in [1.165, 1.54) is 17.7 Å². The number of rotatable bonds is 5. The zero-order valence-electron chi connectivity index (χ0n) is 16.4. The number of morpholine rings is 1. The fraction of sp³-hybridized carbons (Fsp3) is 0.348. The van der Waals surface area contributed by atoms with Crippen molar-refractivity contribution in [2.45, 2.75) is 32.9 Å². The minimum atomic E-state index is -0.234. The number of ether oxygens (including phenoxy) is 1. The van der Waals surface area contributed by atoms with Crippen LogP contribution in [0.2, 0.25) is 0 Å². The van der Waals surface area contributed by atoms with Gasteiger partial charge in [0.25, 0.3) is 0 Å². The average molecular weight is 379 g/mol. The first-order chi connectivity index (χ1) is 13.6. The predicted octanol–water partition coefficient (Wildman–Crippen LogP) is 4.60. The zero-order valence-corrected chi connectivity index (χ0v) is 16.4. The van der Waals surface area contributed by atoms with Crippen LogP contribution in [0.5, 0.6) is 0 Å². The SMILES string of the molecule is CCC1COCCN1Cc1cn(-c2ccc(C)cc2)nc1-c1ccc(F)cc1. The highest BCUT2D eigenvalue weighted by atomic mass is 19.1. The number of nitrogens with zero attached hydrogens (tertiary/aromatic N) is 3. The summed E-state index contributed by atoms with van der Waals surface area (Å²) in [7, 11) is 0. The standard InChI is InChI=1S/C23H26FN3O/c1-3-21-16-28-13-12-26(21)14-19-15-27(22-10-4-17(2)5-11-22)25-23(19)18-6-8-20(24)9-7-18/h4-11,15,21H,3,12-14,16H2,1-2H3. The number of hydrogen-bond donors (Lipinski definition) is 0. The van der Waals surface area contributed by atoms with Crippen LogP contribution >= 0.6 is 0 Å². The normalized spacial score (nSPS) is 17.8. The maximum Gasteiger partial charge on any atom is 0.123 e. The van der Waals surface area contributed by atoms with Crippen LogP contribution in [-0.4, -0.2) is 40.5 Å². The van der Waals surface area contributed by atoms with Crippen LogP contribution in [0.1, 0.15) is 24.5 Å². The summed E-state index contributed by atoms with van der Waals surface area (Å²) < 4.78 is 21.0. The molecule has 0 amide bonds. The molecule has 1 saturated heterocycles. The van der Waals surface area contributed by atoms with E-state index in [0.29, 0.717) is 6.04 Å². The van der Waals surface area contributed by atoms with Crippen molar-refractivity contribution in [3.8, 4) is 16.9 Å². The van der Waals surface area contributed by atoms with Crippen molar-refractivity contribution in [3.05, 3.63) is 71.7 Å². The Morgan fingerprint density at radius 3 is 2.57 bits per heavy atom. The van der Waals surface area contributed by atoms with Gasteiger partial charge in [0.2, 0.25) is 0 Å². The molecule has 0 saturated carbocycles. The molecule has 0 aliphatic carbocycles. The average Bonchev–Trinajstić information content (AvgIpc) is 3.13. The minimum absolute atomic E-state index is 0.234. The Hall–Kier alpha value is -2.50. The lowest BCUT2D eigenvalue weighted by atomic mass is 10.1. The van der Waals surface area contributed by atoms with Crippen LogP contribution in [-0.2, 0) is 11.3 Å². The van der Waals surface area contributed by atoms with Crippen LogP contribution in [0.3, 0.4) is 0 Å². The molecule has 2 heterocycles. The van der Waals surface area contributed by atoms with E-state index < -0.39 is 0 Å². The van der Waals surface area contributed by atoms with Gasteiger partial charge in [-0.15, -0.1) is 0 Å². The molecule has 4 rings (SSSR count). The number of hydrogen-bond acceptors (Lipinski definition) is 3. The van der Waals surface area contributed by atoms with Gasteiger partial charge in [-0.25, -0.2) is 9.07 Å². The van der Waals surface area contributed by atoms with Gasteiger partial charge in [-0.1, -0.05) is 24.6 Å². The molecule has 146 valence electrons. The van der Waals surface area contributed by atoms with Gasteiger partial charge in [0, 0.05) is 36.5 Å². The predicted molar refractivity (Wildman–Crippen MR) is 109 cm³/mol. The summed E-state index contributed by atoms with van der Waals surface area (Å²) >= 11 is 0. The summed E-state index contributed by atoms with van der Waals surface area (Å²) in [5.74, 6) is -0.234. The Morgan fingerprint density at radius 1 is 1.11 bits per heavy atom. The van der Waals surface area contributed by atoms with Crippen LogP contribution in [0.4, 0.5) is 4.39 Å². The van der Waals surface area contributed by atoms with Crippen LogP contribution in [0.15, 0.2) is 54.7 Å². The third kappa shape index (κ3) is 4.01. The zero-order chi connectivity index (χ0) is 19.5. The number of aryl methyl sites for hydroxylation is 1. The van der Waals surface area contributed by atoms with Gasteiger partial charge in [-0.2, -0.15) is 5.10 Å². The molecule has 0 bridgehead atoms. The third-order valence-electron chi connectivity index (χ3n) is 5.40. The number of benzene rings is 2. The fourth-order valence-electron chi connectivity index (χ4n) is 3.70. The Kier molecular flexibility index (Phi) is 5.55. The van der Waals surface area contributed by atoms with Crippen LogP contribution < -0.4 is 0 Å². The fourth-order valence-corrected chi connectivity index (χ4v) is 3.70. The van der Waals surface area contributed by atoms with Gasteiger partial charge in [0.1, 0.15) is 5.82 Å². The van der Waals surface area contributed by atoms with Crippen molar-refractivity contribution < 1.29 is 9.13 Å². The van der Waals surface area contributed by atoms with E-state index in [4.69, 9.17) is 9.84 Å². The second-order valence-corrected chi connectivity index (χ2v) is 7.40. The molecule has 1 aliphatic rings. The Bertz CT molecular complexity index is 918. The molecular weight excluding hydrogens is 353 g/mol. The van der Waals surface area contributed by atoms with Gasteiger partial charge < -0.3 is 4.74 Å². The van der Waals surface area contributed by atoms with Crippen molar-refractivity contribution >= 4 is 0 Å². The van der Waals surface area contributed by atoms with E-state index in [2.05, 4.69) is 49.2 Å². The third-order valence-corrected chi connectivity index (χ3v) is 5.40. The lowest BCUT2D eigenvalue weighted by Gasteiger charge is -2.34. The molecule has 1 fully saturated rings. The van der Waals surface area contributed by atoms with E-state index in [9.17, 15) is 4.39 Å². The molecular formula is C23H26FN3O. The summed E-state index contributed by atoms with van der Waals surface area (Å²) in [6.45, 7) is 7.52. The van der Waals surface area contributed by atoms with Gasteiger partial charge in [0.05, 0.1) is 24.6 Å². The van der Waals surface area contributed by atoms with Crippen molar-refractivity contribution in [1.82, 2.24) is 14.7 Å². The van der Waals surface area contributed by atoms with E-state index in [0.717, 1.165) is 55.2 Å². The molecule has 4 nitrogen and oxygen atoms in total. The topological polar surface area (TPSA) is 30.3 Å². The maximum atomic E-state index is 13.4. The quantitative estimate of drug-likeness (QED) is 0.649. The Morgan fingerprint density at radius 2 is 1.86 bits per heavy atom. The Labute approximate surface area is 165 Å². The molecule has 1 aromatic heterocycles. The first-order valence-corrected chi connectivity index (χ1v) is 9.87. The lowest BCUT2D eigenvalue weighted by Crippen LogP contribution is -2.44. The molecule has 3 aromatic rings. The van der Waals surface area contributed by atoms with Crippen molar-refractivity contribution in [2.75, 3.05) is 19.8 Å². The minimum Gasteiger partial charge on any atom is -0.378 e. The molecule has 0 spiro atoms. The highest BCUT2D eigenvalue weighted by Crippen LogP contribution is 2.27. The summed E-state index contributed by atoms with van der Waals surface area (Å²) in [6.07, 6.45) is 3.16. The van der Waals surface area contributed by atoms with Crippen LogP contribution in [0, 0.1) is 12.7 Å². The highest BCUT2D eigenvalue weighted by Gasteiger charge is 2.24. The lowest BCUT2D eigenvalue weighted by molar-refractivity contribution is -0.0126. The second-order valence-electron chi connectivity index (χ2n) is 7.40. The smallest absolute Gasteiger partial charge is 0.123 e. The summed E-state index contributed by atoms with van der Waals surface area (Å²) in [5, 5.41) is 4.86. The van der Waals surface area contributed by atoms with Gasteiger partial charge in [0.15, 0.2) is 0 Å². The van der Waals surface area contributed by atoms with E-state index >= 15 is 0 Å². The molecule has 1 atom stereocenters. The monoisotopic (exact) mass is 379 g/mol. The maximum absolute atomic E-state index is 13.4. The van der Waals surface area contributed by atoms with E-state index in [-0.39, 0.29) is 5.82 Å². The molecule has 1 aliphatic heterocycles. The van der Waals surface area contributed by atoms with Crippen LogP contribution in [0.25, 0.3) is 16.9 Å². The first kappa shape index (κ1) is 18.8. The van der Waals surface area contributed by atoms with Gasteiger partial charge in [-0.05, 0) is 49.7 Å². The number of halogens is 1. The Balaban J connectivity index is 1.72. The summed E-state index contributed by atoms with van der Waals surface area (Å²) in [4.78, 5) is 2.47. The van der Waals surface area contributed by atoms with Crippen molar-refractivity contribution in [2.24, 2.45) is 0 Å². The van der Waals surface area contributed by atoms with Gasteiger partial charge in [-0.3, -0.25) is 4.90 Å². The molecule has 1 unspecified atom stereocenters. The first-order valence-electron chi connectivity index (χ1n) is 9.87.